The third-order valence-electron chi connectivity index (χ3n) is 4.65. The molecule has 1 saturated heterocycles. The van der Waals surface area contributed by atoms with Gasteiger partial charge in [-0.25, -0.2) is 4.79 Å². The number of piperidine rings is 1. The van der Waals surface area contributed by atoms with E-state index in [4.69, 9.17) is 5.73 Å². The Morgan fingerprint density at radius 1 is 1.08 bits per heavy atom. The fraction of sp³-hybridized carbons (Fsp3) is 0.368. The van der Waals surface area contributed by atoms with E-state index >= 15 is 0 Å². The fourth-order valence-electron chi connectivity index (χ4n) is 3.26. The summed E-state index contributed by atoms with van der Waals surface area (Å²) in [7, 11) is 0. The van der Waals surface area contributed by atoms with Crippen LogP contribution in [0.4, 0.5) is 4.79 Å². The minimum absolute atomic E-state index is 0.0410. The van der Waals surface area contributed by atoms with E-state index in [1.165, 1.54) is 10.8 Å². The average molecular weight is 325 g/mol. The molecule has 1 fully saturated rings. The predicted molar refractivity (Wildman–Crippen MR) is 94.3 cm³/mol. The molecule has 1 aliphatic rings. The molecule has 0 atom stereocenters. The number of benzene rings is 2. The van der Waals surface area contributed by atoms with E-state index in [0.29, 0.717) is 32.0 Å². The highest BCUT2D eigenvalue weighted by Gasteiger charge is 2.23. The van der Waals surface area contributed by atoms with E-state index in [0.717, 1.165) is 18.4 Å². The van der Waals surface area contributed by atoms with Crippen molar-refractivity contribution in [3.8, 4) is 0 Å². The van der Waals surface area contributed by atoms with E-state index in [1.807, 2.05) is 23.1 Å². The number of likely N-dealkylation sites (tertiary alicyclic amines) is 1. The molecule has 0 radical (unpaired) electrons. The summed E-state index contributed by atoms with van der Waals surface area (Å²) in [6.07, 6.45) is 2.10. The summed E-state index contributed by atoms with van der Waals surface area (Å²) in [6, 6.07) is 14.4. The van der Waals surface area contributed by atoms with E-state index in [9.17, 15) is 9.59 Å². The highest BCUT2D eigenvalue weighted by Crippen LogP contribution is 2.20. The Labute approximate surface area is 141 Å². The summed E-state index contributed by atoms with van der Waals surface area (Å²) < 4.78 is 0. The Hall–Kier alpha value is -2.56. The number of carbonyl (C=O) groups is 2. The van der Waals surface area contributed by atoms with E-state index < -0.39 is 0 Å². The van der Waals surface area contributed by atoms with Crippen molar-refractivity contribution >= 4 is 22.7 Å². The van der Waals surface area contributed by atoms with Gasteiger partial charge in [-0.05, 0) is 41.2 Å². The monoisotopic (exact) mass is 325 g/mol. The number of nitrogens with two attached hydrogens (primary N) is 1. The van der Waals surface area contributed by atoms with Crippen LogP contribution in [0.2, 0.25) is 0 Å². The maximum absolute atomic E-state index is 12.3. The van der Waals surface area contributed by atoms with Crippen LogP contribution in [0.3, 0.4) is 0 Å². The molecule has 3 amide bonds. The lowest BCUT2D eigenvalue weighted by Gasteiger charge is -2.31. The minimum Gasteiger partial charge on any atom is -0.370 e. The van der Waals surface area contributed by atoms with Gasteiger partial charge in [-0.3, -0.25) is 4.79 Å². The Kier molecular flexibility index (Phi) is 4.99. The first-order chi connectivity index (χ1) is 11.6. The molecule has 2 aromatic carbocycles. The Balaban J connectivity index is 1.51. The quantitative estimate of drug-likeness (QED) is 0.907. The van der Waals surface area contributed by atoms with Gasteiger partial charge < -0.3 is 16.0 Å². The van der Waals surface area contributed by atoms with Crippen molar-refractivity contribution in [1.82, 2.24) is 10.2 Å². The van der Waals surface area contributed by atoms with Crippen molar-refractivity contribution < 1.29 is 9.59 Å². The largest absolute Gasteiger partial charge is 0.370 e. The molecule has 1 aliphatic heterocycles. The first-order valence-corrected chi connectivity index (χ1v) is 8.40. The number of urea groups is 1. The molecule has 3 N–H and O–H groups in total. The highest BCUT2D eigenvalue weighted by atomic mass is 16.2. The van der Waals surface area contributed by atoms with Crippen molar-refractivity contribution in [2.24, 2.45) is 11.7 Å². The first kappa shape index (κ1) is 16.3. The highest BCUT2D eigenvalue weighted by molar-refractivity contribution is 5.83. The molecule has 2 aromatic rings. The first-order valence-electron chi connectivity index (χ1n) is 8.40. The Morgan fingerprint density at radius 3 is 2.50 bits per heavy atom. The third-order valence-corrected chi connectivity index (χ3v) is 4.65. The molecule has 1 heterocycles. The summed E-state index contributed by atoms with van der Waals surface area (Å²) in [5.74, 6) is 0.0567. The van der Waals surface area contributed by atoms with Crippen LogP contribution in [0.15, 0.2) is 42.5 Å². The third kappa shape index (κ3) is 4.04. The lowest BCUT2D eigenvalue weighted by molar-refractivity contribution is -0.119. The number of nitrogens with zero attached hydrogens (tertiary/aromatic N) is 1. The number of hydrogen-bond acceptors (Lipinski definition) is 2. The number of nitrogens with one attached hydrogen (secondary N) is 1. The van der Waals surface area contributed by atoms with Crippen molar-refractivity contribution in [1.29, 1.82) is 0 Å². The summed E-state index contributed by atoms with van der Waals surface area (Å²) in [5.41, 5.74) is 6.33. The van der Waals surface area contributed by atoms with Gasteiger partial charge in [0.1, 0.15) is 0 Å². The maximum Gasteiger partial charge on any atom is 0.317 e. The molecular weight excluding hydrogens is 302 g/mol. The van der Waals surface area contributed by atoms with Crippen LogP contribution in [-0.4, -0.2) is 29.9 Å². The molecule has 0 aliphatic carbocycles. The second-order valence-corrected chi connectivity index (χ2v) is 6.44. The Bertz CT molecular complexity index is 736. The summed E-state index contributed by atoms with van der Waals surface area (Å²) in [4.78, 5) is 25.1. The van der Waals surface area contributed by atoms with Crippen LogP contribution < -0.4 is 11.1 Å². The molecule has 0 saturated carbocycles. The van der Waals surface area contributed by atoms with Gasteiger partial charge in [-0.15, -0.1) is 0 Å². The van der Waals surface area contributed by atoms with Crippen LogP contribution in [0, 0.1) is 5.92 Å². The van der Waals surface area contributed by atoms with Gasteiger partial charge in [0.25, 0.3) is 0 Å². The van der Waals surface area contributed by atoms with E-state index in [2.05, 4.69) is 29.6 Å². The molecule has 0 bridgehead atoms. The van der Waals surface area contributed by atoms with Crippen molar-refractivity contribution in [3.05, 3.63) is 48.0 Å². The number of rotatable bonds is 4. The second-order valence-electron chi connectivity index (χ2n) is 6.44. The van der Waals surface area contributed by atoms with Crippen LogP contribution in [0.5, 0.6) is 0 Å². The molecule has 24 heavy (non-hydrogen) atoms. The minimum atomic E-state index is -0.255. The zero-order valence-corrected chi connectivity index (χ0v) is 13.7. The van der Waals surface area contributed by atoms with Gasteiger partial charge in [0.05, 0.1) is 0 Å². The molecule has 126 valence electrons. The number of amides is 3. The smallest absolute Gasteiger partial charge is 0.317 e. The van der Waals surface area contributed by atoms with Gasteiger partial charge >= 0.3 is 6.03 Å². The zero-order chi connectivity index (χ0) is 16.9. The molecule has 0 aromatic heterocycles. The summed E-state index contributed by atoms with van der Waals surface area (Å²) in [6.45, 7) is 1.88. The molecule has 3 rings (SSSR count). The fourth-order valence-corrected chi connectivity index (χ4v) is 3.26. The van der Waals surface area contributed by atoms with Crippen LogP contribution in [0.25, 0.3) is 10.8 Å². The number of hydrogen-bond donors (Lipinski definition) is 2. The topological polar surface area (TPSA) is 75.4 Å². The standard InChI is InChI=1S/C19H23N3O2/c20-18(23)12-14-7-9-22(10-8-14)19(24)21-13-15-5-6-16-3-1-2-4-17(16)11-15/h1-6,11,14H,7-10,12-13H2,(H2,20,23)(H,21,24). The summed E-state index contributed by atoms with van der Waals surface area (Å²) in [5, 5.41) is 5.36. The SMILES string of the molecule is NC(=O)CC1CCN(C(=O)NCc2ccc3ccccc3c2)CC1. The van der Waals surface area contributed by atoms with E-state index in [-0.39, 0.29) is 11.9 Å². The van der Waals surface area contributed by atoms with Crippen molar-refractivity contribution in [3.63, 3.8) is 0 Å². The van der Waals surface area contributed by atoms with Crippen molar-refractivity contribution in [2.75, 3.05) is 13.1 Å². The molecular formula is C19H23N3O2. The predicted octanol–water partition coefficient (Wildman–Crippen LogP) is 2.64. The van der Waals surface area contributed by atoms with Gasteiger partial charge in [0.15, 0.2) is 0 Å². The van der Waals surface area contributed by atoms with E-state index in [1.54, 1.807) is 0 Å². The molecule has 0 unspecified atom stereocenters. The van der Waals surface area contributed by atoms with Crippen LogP contribution >= 0.6 is 0 Å². The molecule has 5 nitrogen and oxygen atoms in total. The van der Waals surface area contributed by atoms with Gasteiger partial charge in [0.2, 0.25) is 5.91 Å². The van der Waals surface area contributed by atoms with Gasteiger partial charge in [-0.1, -0.05) is 36.4 Å². The van der Waals surface area contributed by atoms with Crippen molar-refractivity contribution in [2.45, 2.75) is 25.8 Å². The summed E-state index contributed by atoms with van der Waals surface area (Å²) >= 11 is 0. The second kappa shape index (κ2) is 7.34. The lowest BCUT2D eigenvalue weighted by Crippen LogP contribution is -2.44. The number of fused-ring (bicyclic) bond motifs is 1. The van der Waals surface area contributed by atoms with Gasteiger partial charge in [0, 0.05) is 26.1 Å². The molecule has 5 heteroatoms. The number of primary amides is 1. The van der Waals surface area contributed by atoms with Crippen LogP contribution in [0.1, 0.15) is 24.8 Å². The zero-order valence-electron chi connectivity index (χ0n) is 13.7. The van der Waals surface area contributed by atoms with Crippen LogP contribution in [-0.2, 0) is 11.3 Å². The Morgan fingerprint density at radius 2 is 1.79 bits per heavy atom. The van der Waals surface area contributed by atoms with Gasteiger partial charge in [-0.2, -0.15) is 0 Å². The molecule has 0 spiro atoms. The average Bonchev–Trinajstić information content (AvgIpc) is 2.59. The normalized spacial score (nSPS) is 15.4. The lowest BCUT2D eigenvalue weighted by atomic mass is 9.93. The number of carbonyl (C=O) groups excluding carboxylic acids is 2. The maximum atomic E-state index is 12.3.